The van der Waals surface area contributed by atoms with Gasteiger partial charge in [-0.1, -0.05) is 23.2 Å². The van der Waals surface area contributed by atoms with Crippen molar-refractivity contribution in [1.29, 1.82) is 5.26 Å². The van der Waals surface area contributed by atoms with Gasteiger partial charge in [0.2, 0.25) is 11.7 Å². The van der Waals surface area contributed by atoms with Crippen LogP contribution in [0.3, 0.4) is 0 Å². The summed E-state index contributed by atoms with van der Waals surface area (Å²) in [7, 11) is 0. The highest BCUT2D eigenvalue weighted by atomic mass is 35.5. The third kappa shape index (κ3) is 4.39. The van der Waals surface area contributed by atoms with Gasteiger partial charge in [0.25, 0.3) is 0 Å². The van der Waals surface area contributed by atoms with Crippen LogP contribution in [0.2, 0.25) is 10.2 Å². The minimum atomic E-state index is -0.477. The molecular weight excluding hydrogens is 399 g/mol. The zero-order chi connectivity index (χ0) is 20.3. The molecule has 0 bridgehead atoms. The number of aryl methyl sites for hydroxylation is 2. The van der Waals surface area contributed by atoms with Gasteiger partial charge in [-0.25, -0.2) is 9.97 Å². The maximum Gasteiger partial charge on any atom is 0.228 e. The van der Waals surface area contributed by atoms with Gasteiger partial charge in [0.05, 0.1) is 5.56 Å². The zero-order valence-electron chi connectivity index (χ0n) is 15.0. The summed E-state index contributed by atoms with van der Waals surface area (Å²) < 4.78 is 5.69. The van der Waals surface area contributed by atoms with Crippen LogP contribution in [0.5, 0.6) is 0 Å². The molecule has 0 saturated carbocycles. The van der Waals surface area contributed by atoms with E-state index in [-0.39, 0.29) is 16.7 Å². The minimum absolute atomic E-state index is 0.118. The molecule has 8 heteroatoms. The second-order valence-electron chi connectivity index (χ2n) is 5.89. The Bertz CT molecular complexity index is 1090. The van der Waals surface area contributed by atoms with Crippen LogP contribution in [-0.2, 0) is 0 Å². The Morgan fingerprint density at radius 3 is 2.54 bits per heavy atom. The van der Waals surface area contributed by atoms with Gasteiger partial charge in [-0.3, -0.25) is 4.79 Å². The number of allylic oxidation sites excluding steroid dienone is 1. The molecule has 3 rings (SSSR count). The SMILES string of the molecule is Cc1cc(Cl)nc(N/C=C(/C#N)C(=O)c2cc(-c3ccc(Cl)cc3)oc2C)n1. The van der Waals surface area contributed by atoms with E-state index < -0.39 is 5.78 Å². The standard InChI is InChI=1S/C20H14Cl2N4O2/c1-11-7-18(22)26-20(25-11)24-10-14(9-23)19(27)16-8-17(28-12(16)2)13-3-5-15(21)6-4-13/h3-8,10H,1-2H3,(H,24,25,26)/b14-10-. The summed E-state index contributed by atoms with van der Waals surface area (Å²) in [6, 6.07) is 12.1. The normalized spacial score (nSPS) is 11.2. The summed E-state index contributed by atoms with van der Waals surface area (Å²) in [5.41, 5.74) is 1.60. The quantitative estimate of drug-likeness (QED) is 0.262. The van der Waals surface area contributed by atoms with Gasteiger partial charge in [-0.2, -0.15) is 5.26 Å². The lowest BCUT2D eigenvalue weighted by molar-refractivity contribution is 0.103. The van der Waals surface area contributed by atoms with Crippen LogP contribution < -0.4 is 5.32 Å². The number of benzene rings is 1. The first-order valence-corrected chi connectivity index (χ1v) is 8.92. The van der Waals surface area contributed by atoms with Crippen molar-refractivity contribution in [3.63, 3.8) is 0 Å². The van der Waals surface area contributed by atoms with Crippen LogP contribution >= 0.6 is 23.2 Å². The number of rotatable bonds is 5. The molecule has 0 aliphatic heterocycles. The number of ketones is 1. The Kier molecular flexibility index (Phi) is 5.78. The number of carbonyl (C=O) groups excluding carboxylic acids is 1. The smallest absolute Gasteiger partial charge is 0.228 e. The summed E-state index contributed by atoms with van der Waals surface area (Å²) in [6.45, 7) is 3.42. The highest BCUT2D eigenvalue weighted by Crippen LogP contribution is 2.28. The topological polar surface area (TPSA) is 91.8 Å². The lowest BCUT2D eigenvalue weighted by atomic mass is 10.0. The van der Waals surface area contributed by atoms with Crippen molar-refractivity contribution in [2.75, 3.05) is 5.32 Å². The van der Waals surface area contributed by atoms with Gasteiger partial charge in [-0.15, -0.1) is 0 Å². The molecule has 28 heavy (non-hydrogen) atoms. The van der Waals surface area contributed by atoms with Gasteiger partial charge in [-0.05, 0) is 50.2 Å². The minimum Gasteiger partial charge on any atom is -0.461 e. The van der Waals surface area contributed by atoms with Gasteiger partial charge < -0.3 is 9.73 Å². The van der Waals surface area contributed by atoms with E-state index in [0.29, 0.717) is 27.8 Å². The Hall–Kier alpha value is -3.14. The van der Waals surface area contributed by atoms with Crippen LogP contribution in [0, 0.1) is 25.2 Å². The van der Waals surface area contributed by atoms with Crippen molar-refractivity contribution in [2.24, 2.45) is 0 Å². The lowest BCUT2D eigenvalue weighted by Crippen LogP contribution is -2.06. The van der Waals surface area contributed by atoms with Gasteiger partial charge >= 0.3 is 0 Å². The van der Waals surface area contributed by atoms with E-state index in [1.54, 1.807) is 50.2 Å². The Balaban J connectivity index is 1.87. The number of hydrogen-bond donors (Lipinski definition) is 1. The van der Waals surface area contributed by atoms with Gasteiger partial charge in [0.1, 0.15) is 28.3 Å². The van der Waals surface area contributed by atoms with Crippen LogP contribution in [0.4, 0.5) is 5.95 Å². The summed E-state index contributed by atoms with van der Waals surface area (Å²) in [5, 5.41) is 13.0. The first-order valence-electron chi connectivity index (χ1n) is 8.16. The first kappa shape index (κ1) is 19.6. The van der Waals surface area contributed by atoms with Crippen molar-refractivity contribution in [3.8, 4) is 17.4 Å². The van der Waals surface area contributed by atoms with E-state index in [1.807, 2.05) is 6.07 Å². The van der Waals surface area contributed by atoms with Crippen LogP contribution in [0.15, 0.2) is 52.6 Å². The molecule has 0 atom stereocenters. The summed E-state index contributed by atoms with van der Waals surface area (Å²) in [4.78, 5) is 20.9. The number of nitrogens with zero attached hydrogens (tertiary/aromatic N) is 3. The molecule has 0 spiro atoms. The predicted octanol–water partition coefficient (Wildman–Crippen LogP) is 5.36. The molecule has 0 saturated heterocycles. The Labute approximate surface area is 171 Å². The molecule has 6 nitrogen and oxygen atoms in total. The second kappa shape index (κ2) is 8.26. The molecule has 0 amide bonds. The summed E-state index contributed by atoms with van der Waals surface area (Å²) >= 11 is 11.8. The monoisotopic (exact) mass is 412 g/mol. The summed E-state index contributed by atoms with van der Waals surface area (Å²) in [6.07, 6.45) is 1.25. The highest BCUT2D eigenvalue weighted by molar-refractivity contribution is 6.30. The van der Waals surface area contributed by atoms with E-state index >= 15 is 0 Å². The molecule has 1 N–H and O–H groups in total. The fraction of sp³-hybridized carbons (Fsp3) is 0.100. The maximum absolute atomic E-state index is 12.8. The second-order valence-corrected chi connectivity index (χ2v) is 6.71. The van der Waals surface area contributed by atoms with E-state index in [1.165, 1.54) is 6.20 Å². The number of aromatic nitrogens is 2. The van der Waals surface area contributed by atoms with Gasteiger partial charge in [0.15, 0.2) is 0 Å². The third-order valence-electron chi connectivity index (χ3n) is 3.82. The number of hydrogen-bond acceptors (Lipinski definition) is 6. The molecule has 2 aromatic heterocycles. The fourth-order valence-electron chi connectivity index (χ4n) is 2.49. The van der Waals surface area contributed by atoms with Crippen LogP contribution in [-0.4, -0.2) is 15.8 Å². The van der Waals surface area contributed by atoms with E-state index in [0.717, 1.165) is 5.56 Å². The van der Waals surface area contributed by atoms with E-state index in [9.17, 15) is 10.1 Å². The molecule has 0 fully saturated rings. The average Bonchev–Trinajstić information content (AvgIpc) is 3.03. The first-order chi connectivity index (χ1) is 13.4. The molecule has 0 aliphatic rings. The number of nitrogens with one attached hydrogen (secondary N) is 1. The predicted molar refractivity (Wildman–Crippen MR) is 107 cm³/mol. The van der Waals surface area contributed by atoms with Crippen LogP contribution in [0.1, 0.15) is 21.8 Å². The van der Waals surface area contributed by atoms with E-state index in [2.05, 4.69) is 15.3 Å². The van der Waals surface area contributed by atoms with Crippen molar-refractivity contribution < 1.29 is 9.21 Å². The number of nitriles is 1. The molecule has 0 radical (unpaired) electrons. The Morgan fingerprint density at radius 1 is 1.18 bits per heavy atom. The van der Waals surface area contributed by atoms with Crippen LogP contribution in [0.25, 0.3) is 11.3 Å². The average molecular weight is 413 g/mol. The molecule has 1 aromatic carbocycles. The zero-order valence-corrected chi connectivity index (χ0v) is 16.5. The fourth-order valence-corrected chi connectivity index (χ4v) is 2.85. The molecular formula is C20H14Cl2N4O2. The number of furan rings is 1. The Morgan fingerprint density at radius 2 is 1.89 bits per heavy atom. The molecule has 140 valence electrons. The molecule has 3 aromatic rings. The highest BCUT2D eigenvalue weighted by Gasteiger charge is 2.20. The van der Waals surface area contributed by atoms with Gasteiger partial charge in [0, 0.05) is 22.5 Å². The van der Waals surface area contributed by atoms with Crippen molar-refractivity contribution >= 4 is 34.9 Å². The lowest BCUT2D eigenvalue weighted by Gasteiger charge is -2.02. The number of anilines is 1. The maximum atomic E-state index is 12.8. The third-order valence-corrected chi connectivity index (χ3v) is 4.27. The van der Waals surface area contributed by atoms with Crippen molar-refractivity contribution in [1.82, 2.24) is 9.97 Å². The van der Waals surface area contributed by atoms with E-state index in [4.69, 9.17) is 27.6 Å². The number of carbonyl (C=O) groups is 1. The molecule has 0 unspecified atom stereocenters. The van der Waals surface area contributed by atoms with Crippen molar-refractivity contribution in [3.05, 3.63) is 75.4 Å². The largest absolute Gasteiger partial charge is 0.461 e. The van der Waals surface area contributed by atoms with Crippen molar-refractivity contribution in [2.45, 2.75) is 13.8 Å². The molecule has 2 heterocycles. The molecule has 0 aliphatic carbocycles. The summed E-state index contributed by atoms with van der Waals surface area (Å²) in [5.74, 6) is 0.633. The number of Topliss-reactive ketones (excluding diaryl/α,β-unsaturated/α-hetero) is 1. The number of halogens is 2.